The van der Waals surface area contributed by atoms with Crippen molar-refractivity contribution in [2.45, 2.75) is 18.9 Å². The Bertz CT molecular complexity index is 113. The summed E-state index contributed by atoms with van der Waals surface area (Å²) in [6.07, 6.45) is 2.30. The molecule has 2 aliphatic rings. The standard InChI is InChI=1S/C7H13NO/c9-7-2-5-1-6(7)4-8-3-5/h5-9H,1-4H2/t5-,6-,7-/m1/s1. The molecule has 1 aliphatic carbocycles. The number of nitrogens with one attached hydrogen (secondary N) is 1. The number of piperidine rings is 1. The van der Waals surface area contributed by atoms with E-state index in [0.29, 0.717) is 5.92 Å². The molecule has 0 radical (unpaired) electrons. The lowest BCUT2D eigenvalue weighted by Gasteiger charge is -2.19. The van der Waals surface area contributed by atoms with Crippen LogP contribution in [0.3, 0.4) is 0 Å². The topological polar surface area (TPSA) is 32.3 Å². The molecule has 1 aliphatic heterocycles. The fraction of sp³-hybridized carbons (Fsp3) is 1.00. The van der Waals surface area contributed by atoms with Crippen LogP contribution in [0.4, 0.5) is 0 Å². The second-order valence-electron chi connectivity index (χ2n) is 3.32. The maximum atomic E-state index is 9.36. The Balaban J connectivity index is 2.07. The number of hydrogen-bond acceptors (Lipinski definition) is 2. The van der Waals surface area contributed by atoms with Gasteiger partial charge in [-0.3, -0.25) is 0 Å². The van der Waals surface area contributed by atoms with Crippen molar-refractivity contribution < 1.29 is 5.11 Å². The van der Waals surface area contributed by atoms with E-state index in [0.717, 1.165) is 25.4 Å². The number of fused-ring (bicyclic) bond motifs is 2. The summed E-state index contributed by atoms with van der Waals surface area (Å²) in [6, 6.07) is 0. The highest BCUT2D eigenvalue weighted by atomic mass is 16.3. The predicted octanol–water partition coefficient (Wildman–Crippen LogP) is -0.0233. The Morgan fingerprint density at radius 1 is 1.22 bits per heavy atom. The number of aliphatic hydroxyl groups is 1. The largest absolute Gasteiger partial charge is 0.393 e. The van der Waals surface area contributed by atoms with Crippen molar-refractivity contribution in [3.8, 4) is 0 Å². The van der Waals surface area contributed by atoms with Crippen molar-refractivity contribution in [2.24, 2.45) is 11.8 Å². The monoisotopic (exact) mass is 127 g/mol. The molecule has 2 nitrogen and oxygen atoms in total. The van der Waals surface area contributed by atoms with Crippen LogP contribution < -0.4 is 5.32 Å². The molecule has 2 rings (SSSR count). The van der Waals surface area contributed by atoms with E-state index < -0.39 is 0 Å². The van der Waals surface area contributed by atoms with Gasteiger partial charge in [-0.05, 0) is 31.2 Å². The van der Waals surface area contributed by atoms with Gasteiger partial charge in [-0.15, -0.1) is 0 Å². The summed E-state index contributed by atoms with van der Waals surface area (Å²) in [5.41, 5.74) is 0. The van der Waals surface area contributed by atoms with Crippen LogP contribution in [-0.4, -0.2) is 24.3 Å². The molecule has 1 heterocycles. The molecule has 2 bridgehead atoms. The zero-order chi connectivity index (χ0) is 6.27. The first-order valence-corrected chi connectivity index (χ1v) is 3.75. The molecule has 1 saturated carbocycles. The quantitative estimate of drug-likeness (QED) is 0.479. The predicted molar refractivity (Wildman–Crippen MR) is 35.1 cm³/mol. The molecule has 0 aromatic rings. The normalized spacial score (nSPS) is 49.7. The lowest BCUT2D eigenvalue weighted by Crippen LogP contribution is -2.32. The van der Waals surface area contributed by atoms with Crippen molar-refractivity contribution >= 4 is 0 Å². The van der Waals surface area contributed by atoms with Crippen LogP contribution in [0.1, 0.15) is 12.8 Å². The van der Waals surface area contributed by atoms with Crippen LogP contribution >= 0.6 is 0 Å². The van der Waals surface area contributed by atoms with Crippen LogP contribution in [0, 0.1) is 11.8 Å². The first kappa shape index (κ1) is 5.69. The Morgan fingerprint density at radius 2 is 2.11 bits per heavy atom. The van der Waals surface area contributed by atoms with E-state index >= 15 is 0 Å². The van der Waals surface area contributed by atoms with Gasteiger partial charge in [0.2, 0.25) is 0 Å². The van der Waals surface area contributed by atoms with Crippen molar-refractivity contribution in [1.29, 1.82) is 0 Å². The summed E-state index contributed by atoms with van der Waals surface area (Å²) in [5, 5.41) is 12.7. The smallest absolute Gasteiger partial charge is 0.0583 e. The van der Waals surface area contributed by atoms with E-state index in [-0.39, 0.29) is 6.10 Å². The summed E-state index contributed by atoms with van der Waals surface area (Å²) >= 11 is 0. The van der Waals surface area contributed by atoms with Crippen LogP contribution in [0.25, 0.3) is 0 Å². The van der Waals surface area contributed by atoms with E-state index in [1.54, 1.807) is 0 Å². The molecule has 52 valence electrons. The highest BCUT2D eigenvalue weighted by molar-refractivity contribution is 4.89. The molecule has 0 spiro atoms. The van der Waals surface area contributed by atoms with Gasteiger partial charge in [0.1, 0.15) is 0 Å². The minimum atomic E-state index is 0.00463. The molecule has 3 atom stereocenters. The SMILES string of the molecule is O[C@@H]1C[C@@H]2CNC[C@H]1C2. The van der Waals surface area contributed by atoms with Crippen LogP contribution in [0.5, 0.6) is 0 Å². The van der Waals surface area contributed by atoms with Crippen molar-refractivity contribution in [3.63, 3.8) is 0 Å². The number of aliphatic hydroxyl groups excluding tert-OH is 1. The van der Waals surface area contributed by atoms with Gasteiger partial charge in [0.25, 0.3) is 0 Å². The van der Waals surface area contributed by atoms with Crippen LogP contribution in [-0.2, 0) is 0 Å². The lowest BCUT2D eigenvalue weighted by atomic mass is 10.0. The van der Waals surface area contributed by atoms with Crippen molar-refractivity contribution in [2.75, 3.05) is 13.1 Å². The van der Waals surface area contributed by atoms with E-state index in [9.17, 15) is 5.11 Å². The van der Waals surface area contributed by atoms with Gasteiger partial charge >= 0.3 is 0 Å². The molecule has 0 aromatic heterocycles. The van der Waals surface area contributed by atoms with Crippen LogP contribution in [0.2, 0.25) is 0 Å². The van der Waals surface area contributed by atoms with E-state index in [2.05, 4.69) is 5.32 Å². The summed E-state index contributed by atoms with van der Waals surface area (Å²) in [5.74, 6) is 1.35. The number of hydrogen-bond donors (Lipinski definition) is 2. The summed E-state index contributed by atoms with van der Waals surface area (Å²) < 4.78 is 0. The van der Waals surface area contributed by atoms with Gasteiger partial charge < -0.3 is 10.4 Å². The molecule has 2 fully saturated rings. The van der Waals surface area contributed by atoms with Crippen molar-refractivity contribution in [3.05, 3.63) is 0 Å². The first-order valence-electron chi connectivity index (χ1n) is 3.75. The van der Waals surface area contributed by atoms with Gasteiger partial charge in [-0.25, -0.2) is 0 Å². The zero-order valence-corrected chi connectivity index (χ0v) is 5.51. The molecular formula is C7H13NO. The third kappa shape index (κ3) is 0.864. The Labute approximate surface area is 55.3 Å². The Morgan fingerprint density at radius 3 is 2.78 bits per heavy atom. The molecular weight excluding hydrogens is 114 g/mol. The van der Waals surface area contributed by atoms with E-state index in [1.165, 1.54) is 6.42 Å². The second-order valence-corrected chi connectivity index (χ2v) is 3.32. The number of rotatable bonds is 0. The molecule has 1 saturated heterocycles. The third-order valence-electron chi connectivity index (χ3n) is 2.59. The molecule has 9 heavy (non-hydrogen) atoms. The minimum absolute atomic E-state index is 0.00463. The van der Waals surface area contributed by atoms with E-state index in [1.807, 2.05) is 0 Å². The highest BCUT2D eigenvalue weighted by Gasteiger charge is 2.35. The zero-order valence-electron chi connectivity index (χ0n) is 5.51. The Kier molecular flexibility index (Phi) is 1.24. The average molecular weight is 127 g/mol. The van der Waals surface area contributed by atoms with Gasteiger partial charge in [-0.2, -0.15) is 0 Å². The fourth-order valence-corrected chi connectivity index (χ4v) is 2.07. The summed E-state index contributed by atoms with van der Waals surface area (Å²) in [7, 11) is 0. The highest BCUT2D eigenvalue weighted by Crippen LogP contribution is 2.32. The molecule has 2 heteroatoms. The van der Waals surface area contributed by atoms with Gasteiger partial charge in [0.15, 0.2) is 0 Å². The Hall–Kier alpha value is -0.0800. The molecule has 2 N–H and O–H groups in total. The van der Waals surface area contributed by atoms with Crippen molar-refractivity contribution in [1.82, 2.24) is 5.32 Å². The molecule has 0 unspecified atom stereocenters. The maximum Gasteiger partial charge on any atom is 0.0583 e. The first-order chi connectivity index (χ1) is 4.36. The summed E-state index contributed by atoms with van der Waals surface area (Å²) in [4.78, 5) is 0. The van der Waals surface area contributed by atoms with Crippen LogP contribution in [0.15, 0.2) is 0 Å². The molecule has 0 amide bonds. The van der Waals surface area contributed by atoms with E-state index in [4.69, 9.17) is 0 Å². The second kappa shape index (κ2) is 1.96. The third-order valence-corrected chi connectivity index (χ3v) is 2.59. The maximum absolute atomic E-state index is 9.36. The van der Waals surface area contributed by atoms with Gasteiger partial charge in [0.05, 0.1) is 6.10 Å². The fourth-order valence-electron chi connectivity index (χ4n) is 2.07. The minimum Gasteiger partial charge on any atom is -0.393 e. The lowest BCUT2D eigenvalue weighted by molar-refractivity contribution is 0.135. The van der Waals surface area contributed by atoms with Gasteiger partial charge in [0, 0.05) is 6.54 Å². The average Bonchev–Trinajstić information content (AvgIpc) is 2.09. The summed E-state index contributed by atoms with van der Waals surface area (Å²) in [6.45, 7) is 2.17. The molecule has 0 aromatic carbocycles. The van der Waals surface area contributed by atoms with Gasteiger partial charge in [-0.1, -0.05) is 0 Å².